The number of rotatable bonds is 27. The van der Waals surface area contributed by atoms with Gasteiger partial charge in [-0.1, -0.05) is 117 Å². The summed E-state index contributed by atoms with van der Waals surface area (Å²) in [6.07, 6.45) is 3.68. The van der Waals surface area contributed by atoms with E-state index in [0.29, 0.717) is 12.8 Å². The third-order valence-electron chi connectivity index (χ3n) is 8.72. The van der Waals surface area contributed by atoms with Crippen LogP contribution in [0, 0.1) is 0 Å². The molecular formula is C32H64NO12P. The second kappa shape index (κ2) is 24.4. The average molecular weight is 686 g/mol. The lowest BCUT2D eigenvalue weighted by Crippen LogP contribution is -2.64. The quantitative estimate of drug-likeness (QED) is 0.0449. The molecule has 0 saturated heterocycles. The van der Waals surface area contributed by atoms with Crippen molar-refractivity contribution in [2.24, 2.45) is 0 Å². The molecule has 13 nitrogen and oxygen atoms in total. The number of carbonyl (C=O) groups is 1. The van der Waals surface area contributed by atoms with E-state index in [9.17, 15) is 50.0 Å². The molecule has 0 aromatic heterocycles. The largest absolute Gasteiger partial charge is 0.472 e. The van der Waals surface area contributed by atoms with E-state index >= 15 is 0 Å². The number of aliphatic hydroxyl groups excluding tert-OH is 7. The average Bonchev–Trinajstić information content (AvgIpc) is 3.01. The maximum absolute atomic E-state index is 12.8. The van der Waals surface area contributed by atoms with Crippen molar-refractivity contribution in [3.63, 3.8) is 0 Å². The summed E-state index contributed by atoms with van der Waals surface area (Å²) in [6.45, 7) is 3.65. The Kier molecular flexibility index (Phi) is 23.0. The molecule has 274 valence electrons. The first-order chi connectivity index (χ1) is 21.8. The monoisotopic (exact) mass is 685 g/mol. The molecule has 0 aromatic carbocycles. The zero-order valence-electron chi connectivity index (χ0n) is 28.0. The number of hydrogen-bond donors (Lipinski definition) is 9. The lowest BCUT2D eigenvalue weighted by atomic mass is 9.85. The molecule has 0 spiro atoms. The summed E-state index contributed by atoms with van der Waals surface area (Å²) in [5, 5.41) is 73.7. The fourth-order valence-electron chi connectivity index (χ4n) is 5.71. The molecule has 1 aliphatic carbocycles. The van der Waals surface area contributed by atoms with Gasteiger partial charge in [-0.15, -0.1) is 0 Å². The van der Waals surface area contributed by atoms with Gasteiger partial charge in [0.15, 0.2) is 0 Å². The van der Waals surface area contributed by atoms with Crippen molar-refractivity contribution < 1.29 is 59.0 Å². The molecule has 0 bridgehead atoms. The number of hydrogen-bond acceptors (Lipinski definition) is 11. The standard InChI is InChI=1S/C32H64NO12P/c1-3-5-7-9-11-13-15-17-19-23(34)21-26(36)33-24(25(35)20-18-16-14-12-10-8-6-4-2)22-44-46(42,43)45-32-30(40)28(38)27(37)29(39)31(32)41/h23-25,27-32,34-35,37-41H,3-22H2,1-2H3,(H,33,36)(H,42,43). The second-order valence-electron chi connectivity index (χ2n) is 12.9. The minimum Gasteiger partial charge on any atom is -0.393 e. The number of amides is 1. The highest BCUT2D eigenvalue weighted by Crippen LogP contribution is 2.47. The fraction of sp³-hybridized carbons (Fsp3) is 0.969. The first-order valence-corrected chi connectivity index (χ1v) is 19.1. The Bertz CT molecular complexity index is 823. The highest BCUT2D eigenvalue weighted by atomic mass is 31.2. The van der Waals surface area contributed by atoms with Crippen molar-refractivity contribution in [2.75, 3.05) is 6.61 Å². The molecule has 8 unspecified atom stereocenters. The van der Waals surface area contributed by atoms with Gasteiger partial charge < -0.3 is 46.0 Å². The molecular weight excluding hydrogens is 621 g/mol. The van der Waals surface area contributed by atoms with Gasteiger partial charge in [0.25, 0.3) is 0 Å². The Morgan fingerprint density at radius 1 is 0.674 bits per heavy atom. The molecule has 0 aromatic rings. The maximum Gasteiger partial charge on any atom is 0.472 e. The zero-order chi connectivity index (χ0) is 34.5. The fourth-order valence-corrected chi connectivity index (χ4v) is 6.68. The SMILES string of the molecule is CCCCCCCCCCC(O)CC(=O)NC(COP(=O)(O)OC1C(O)C(O)C(O)C(O)C1O)C(O)CCCCCCCCCC. The Labute approximate surface area is 275 Å². The lowest BCUT2D eigenvalue weighted by molar-refractivity contribution is -0.220. The first kappa shape index (κ1) is 43.3. The van der Waals surface area contributed by atoms with Gasteiger partial charge in [-0.25, -0.2) is 4.57 Å². The molecule has 0 radical (unpaired) electrons. The smallest absolute Gasteiger partial charge is 0.393 e. The van der Waals surface area contributed by atoms with E-state index in [1.165, 1.54) is 38.5 Å². The van der Waals surface area contributed by atoms with Crippen molar-refractivity contribution in [1.82, 2.24) is 5.32 Å². The van der Waals surface area contributed by atoms with Gasteiger partial charge in [-0.05, 0) is 12.8 Å². The van der Waals surface area contributed by atoms with E-state index in [1.807, 2.05) is 0 Å². The molecule has 0 aliphatic heterocycles. The lowest BCUT2D eigenvalue weighted by Gasteiger charge is -2.41. The predicted molar refractivity (Wildman–Crippen MR) is 174 cm³/mol. The van der Waals surface area contributed by atoms with Gasteiger partial charge in [0.2, 0.25) is 5.91 Å². The van der Waals surface area contributed by atoms with Crippen LogP contribution in [0.4, 0.5) is 0 Å². The Hall–Kier alpha value is -0.700. The van der Waals surface area contributed by atoms with Crippen molar-refractivity contribution >= 4 is 13.7 Å². The summed E-state index contributed by atoms with van der Waals surface area (Å²) in [7, 11) is -5.09. The maximum atomic E-state index is 12.8. The van der Waals surface area contributed by atoms with E-state index in [2.05, 4.69) is 19.2 Å². The third-order valence-corrected chi connectivity index (χ3v) is 9.71. The molecule has 1 amide bonds. The van der Waals surface area contributed by atoms with Gasteiger partial charge in [-0.2, -0.15) is 0 Å². The number of phosphoric acid groups is 1. The van der Waals surface area contributed by atoms with Crippen LogP contribution in [0.2, 0.25) is 0 Å². The van der Waals surface area contributed by atoms with Crippen LogP contribution < -0.4 is 5.32 Å². The summed E-state index contributed by atoms with van der Waals surface area (Å²) in [5.74, 6) is -0.567. The normalized spacial score (nSPS) is 26.7. The second-order valence-corrected chi connectivity index (χ2v) is 14.3. The summed E-state index contributed by atoms with van der Waals surface area (Å²) < 4.78 is 22.6. The highest BCUT2D eigenvalue weighted by Gasteiger charge is 2.51. The van der Waals surface area contributed by atoms with E-state index < -0.39 is 75.2 Å². The number of aliphatic hydroxyl groups is 7. The van der Waals surface area contributed by atoms with Crippen molar-refractivity contribution in [3.05, 3.63) is 0 Å². The van der Waals surface area contributed by atoms with E-state index in [0.717, 1.165) is 57.8 Å². The Morgan fingerprint density at radius 2 is 1.09 bits per heavy atom. The highest BCUT2D eigenvalue weighted by molar-refractivity contribution is 7.47. The molecule has 0 heterocycles. The zero-order valence-corrected chi connectivity index (χ0v) is 28.9. The number of phosphoric ester groups is 1. The summed E-state index contributed by atoms with van der Waals surface area (Å²) >= 11 is 0. The molecule has 1 rings (SSSR count). The van der Waals surface area contributed by atoms with Crippen LogP contribution in [0.25, 0.3) is 0 Å². The molecule has 46 heavy (non-hydrogen) atoms. The molecule has 14 heteroatoms. The van der Waals surface area contributed by atoms with E-state index in [4.69, 9.17) is 9.05 Å². The van der Waals surface area contributed by atoms with Gasteiger partial charge >= 0.3 is 7.82 Å². The molecule has 1 fully saturated rings. The van der Waals surface area contributed by atoms with Crippen LogP contribution in [-0.2, 0) is 18.4 Å². The van der Waals surface area contributed by atoms with Crippen molar-refractivity contribution in [1.29, 1.82) is 0 Å². The topological polar surface area (TPSA) is 226 Å². The number of unbranched alkanes of at least 4 members (excludes halogenated alkanes) is 14. The van der Waals surface area contributed by atoms with Crippen LogP contribution in [0.5, 0.6) is 0 Å². The van der Waals surface area contributed by atoms with Gasteiger partial charge in [0.05, 0.1) is 31.3 Å². The minimum atomic E-state index is -5.09. The Balaban J connectivity index is 2.69. The van der Waals surface area contributed by atoms with Crippen molar-refractivity contribution in [3.8, 4) is 0 Å². The number of nitrogens with one attached hydrogen (secondary N) is 1. The summed E-state index contributed by atoms with van der Waals surface area (Å²) in [6, 6.07) is -1.14. The van der Waals surface area contributed by atoms with Gasteiger partial charge in [0, 0.05) is 0 Å². The summed E-state index contributed by atoms with van der Waals surface area (Å²) in [4.78, 5) is 23.1. The van der Waals surface area contributed by atoms with E-state index in [1.54, 1.807) is 0 Å². The van der Waals surface area contributed by atoms with Crippen LogP contribution in [0.1, 0.15) is 136 Å². The Morgan fingerprint density at radius 3 is 1.57 bits per heavy atom. The molecule has 1 saturated carbocycles. The van der Waals surface area contributed by atoms with Gasteiger partial charge in [0.1, 0.15) is 36.6 Å². The van der Waals surface area contributed by atoms with Crippen LogP contribution >= 0.6 is 7.82 Å². The van der Waals surface area contributed by atoms with E-state index in [-0.39, 0.29) is 12.8 Å². The van der Waals surface area contributed by atoms with Crippen LogP contribution in [-0.4, -0.2) is 108 Å². The molecule has 1 aliphatic rings. The molecule has 8 atom stereocenters. The van der Waals surface area contributed by atoms with Gasteiger partial charge in [-0.3, -0.25) is 13.8 Å². The van der Waals surface area contributed by atoms with Crippen molar-refractivity contribution in [2.45, 2.75) is 191 Å². The predicted octanol–water partition coefficient (Wildman–Crippen LogP) is 2.96. The molecule has 9 N–H and O–H groups in total. The number of carbonyl (C=O) groups excluding carboxylic acids is 1. The van der Waals surface area contributed by atoms with Crippen LogP contribution in [0.15, 0.2) is 0 Å². The summed E-state index contributed by atoms with van der Waals surface area (Å²) in [5.41, 5.74) is 0. The first-order valence-electron chi connectivity index (χ1n) is 17.6. The minimum absolute atomic E-state index is 0.219. The third kappa shape index (κ3) is 17.6. The van der Waals surface area contributed by atoms with Crippen LogP contribution in [0.3, 0.4) is 0 Å².